The predicted molar refractivity (Wildman–Crippen MR) is 149 cm³/mol. The molecule has 0 unspecified atom stereocenters. The number of nitrogens with one attached hydrogen (secondary N) is 1. The summed E-state index contributed by atoms with van der Waals surface area (Å²) in [5, 5.41) is 3.01. The molecule has 6 heteroatoms. The molecule has 0 radical (unpaired) electrons. The van der Waals surface area contributed by atoms with Gasteiger partial charge in [-0.15, -0.1) is 0 Å². The first kappa shape index (κ1) is 26.3. The van der Waals surface area contributed by atoms with Crippen molar-refractivity contribution < 1.29 is 14.3 Å². The van der Waals surface area contributed by atoms with Crippen molar-refractivity contribution in [1.82, 2.24) is 14.9 Å². The molecule has 0 atom stereocenters. The van der Waals surface area contributed by atoms with Crippen molar-refractivity contribution in [2.75, 3.05) is 20.3 Å². The van der Waals surface area contributed by atoms with Crippen molar-refractivity contribution in [3.63, 3.8) is 0 Å². The summed E-state index contributed by atoms with van der Waals surface area (Å²) in [4.78, 5) is 17.2. The van der Waals surface area contributed by atoms with Crippen LogP contribution in [-0.2, 0) is 13.0 Å². The van der Waals surface area contributed by atoms with Crippen LogP contribution >= 0.6 is 0 Å². The van der Waals surface area contributed by atoms with Crippen molar-refractivity contribution in [1.29, 1.82) is 0 Å². The van der Waals surface area contributed by atoms with Crippen molar-refractivity contribution in [2.45, 2.75) is 52.5 Å². The predicted octanol–water partition coefficient (Wildman–Crippen LogP) is 6.27. The van der Waals surface area contributed by atoms with Gasteiger partial charge in [0.25, 0.3) is 5.91 Å². The molecule has 1 aromatic heterocycles. The Hall–Kier alpha value is -3.80. The smallest absolute Gasteiger partial charge is 0.251 e. The summed E-state index contributed by atoms with van der Waals surface area (Å²) in [6.45, 7) is 6.40. The van der Waals surface area contributed by atoms with Gasteiger partial charge in [0.15, 0.2) is 0 Å². The van der Waals surface area contributed by atoms with Crippen LogP contribution in [0, 0.1) is 13.8 Å². The SMILES string of the molecule is COc1ccc(C(=O)NCCCCCc2nc3ccccc3n2CCCOc2ccc(C)cc2C)cc1. The van der Waals surface area contributed by atoms with Crippen LogP contribution in [0.1, 0.15) is 53.0 Å². The van der Waals surface area contributed by atoms with E-state index in [4.69, 9.17) is 14.5 Å². The number of methoxy groups -OCH3 is 1. The summed E-state index contributed by atoms with van der Waals surface area (Å²) >= 11 is 0. The van der Waals surface area contributed by atoms with Crippen molar-refractivity contribution in [3.8, 4) is 11.5 Å². The molecule has 0 aliphatic rings. The van der Waals surface area contributed by atoms with Gasteiger partial charge in [-0.2, -0.15) is 0 Å². The van der Waals surface area contributed by atoms with Gasteiger partial charge in [0.05, 0.1) is 24.8 Å². The number of aromatic nitrogens is 2. The third kappa shape index (κ3) is 7.13. The summed E-state index contributed by atoms with van der Waals surface area (Å²) in [6, 6.07) is 21.8. The second kappa shape index (κ2) is 12.9. The number of benzene rings is 3. The maximum Gasteiger partial charge on any atom is 0.251 e. The van der Waals surface area contributed by atoms with E-state index in [2.05, 4.69) is 60.1 Å². The van der Waals surface area contributed by atoms with E-state index < -0.39 is 0 Å². The third-order valence-corrected chi connectivity index (χ3v) is 6.56. The zero-order valence-electron chi connectivity index (χ0n) is 22.1. The molecule has 6 nitrogen and oxygen atoms in total. The Labute approximate surface area is 219 Å². The highest BCUT2D eigenvalue weighted by Crippen LogP contribution is 2.21. The summed E-state index contributed by atoms with van der Waals surface area (Å²) in [7, 11) is 1.62. The van der Waals surface area contributed by atoms with E-state index in [1.165, 1.54) is 16.6 Å². The van der Waals surface area contributed by atoms with Gasteiger partial charge >= 0.3 is 0 Å². The van der Waals surface area contributed by atoms with E-state index in [-0.39, 0.29) is 5.91 Å². The number of fused-ring (bicyclic) bond motifs is 1. The number of hydrogen-bond acceptors (Lipinski definition) is 4. The van der Waals surface area contributed by atoms with E-state index in [0.717, 1.165) is 61.5 Å². The van der Waals surface area contributed by atoms with Crippen molar-refractivity contribution in [2.24, 2.45) is 0 Å². The fourth-order valence-electron chi connectivity index (χ4n) is 4.56. The third-order valence-electron chi connectivity index (χ3n) is 6.56. The molecule has 0 spiro atoms. The number of imidazole rings is 1. The number of amides is 1. The maximum atomic E-state index is 12.3. The minimum absolute atomic E-state index is 0.0486. The van der Waals surface area contributed by atoms with Gasteiger partial charge in [-0.3, -0.25) is 4.79 Å². The van der Waals surface area contributed by atoms with Crippen LogP contribution < -0.4 is 14.8 Å². The number of rotatable bonds is 13. The zero-order valence-corrected chi connectivity index (χ0v) is 22.1. The molecule has 4 aromatic rings. The molecule has 3 aromatic carbocycles. The monoisotopic (exact) mass is 499 g/mol. The van der Waals surface area contributed by atoms with Crippen LogP contribution in [0.5, 0.6) is 11.5 Å². The van der Waals surface area contributed by atoms with Crippen LogP contribution in [0.3, 0.4) is 0 Å². The summed E-state index contributed by atoms with van der Waals surface area (Å²) in [5.74, 6) is 2.78. The number of carbonyl (C=O) groups is 1. The fourth-order valence-corrected chi connectivity index (χ4v) is 4.56. The van der Waals surface area contributed by atoms with E-state index in [1.54, 1.807) is 31.4 Å². The molecule has 1 N–H and O–H groups in total. The lowest BCUT2D eigenvalue weighted by Crippen LogP contribution is -2.24. The normalized spacial score (nSPS) is 11.0. The second-order valence-corrected chi connectivity index (χ2v) is 9.43. The molecule has 0 saturated carbocycles. The molecule has 0 bridgehead atoms. The number of para-hydroxylation sites is 2. The topological polar surface area (TPSA) is 65.4 Å². The first-order valence-electron chi connectivity index (χ1n) is 13.1. The summed E-state index contributed by atoms with van der Waals surface area (Å²) in [6.07, 6.45) is 4.83. The van der Waals surface area contributed by atoms with Crippen molar-refractivity contribution in [3.05, 3.63) is 89.2 Å². The molecule has 1 amide bonds. The Balaban J connectivity index is 1.24. The largest absolute Gasteiger partial charge is 0.497 e. The number of hydrogen-bond donors (Lipinski definition) is 1. The Bertz CT molecular complexity index is 1310. The Morgan fingerprint density at radius 2 is 1.76 bits per heavy atom. The Morgan fingerprint density at radius 3 is 2.54 bits per heavy atom. The number of aryl methyl sites for hydroxylation is 4. The number of unbranched alkanes of at least 4 members (excludes halogenated alkanes) is 2. The van der Waals surface area contributed by atoms with Gasteiger partial charge in [-0.25, -0.2) is 4.98 Å². The maximum absolute atomic E-state index is 12.3. The number of nitrogens with zero attached hydrogens (tertiary/aromatic N) is 2. The van der Waals surface area contributed by atoms with Gasteiger partial charge < -0.3 is 19.4 Å². The molecule has 37 heavy (non-hydrogen) atoms. The molecular weight excluding hydrogens is 462 g/mol. The quantitative estimate of drug-likeness (QED) is 0.220. The number of carbonyl (C=O) groups excluding carboxylic acids is 1. The van der Waals surface area contributed by atoms with Gasteiger partial charge in [-0.1, -0.05) is 36.2 Å². The van der Waals surface area contributed by atoms with E-state index in [1.807, 2.05) is 6.07 Å². The minimum atomic E-state index is -0.0486. The molecule has 194 valence electrons. The first-order chi connectivity index (χ1) is 18.0. The van der Waals surface area contributed by atoms with Gasteiger partial charge in [-0.05, 0) is 81.1 Å². The highest BCUT2D eigenvalue weighted by Gasteiger charge is 2.11. The average Bonchev–Trinajstić information content (AvgIpc) is 3.26. The minimum Gasteiger partial charge on any atom is -0.497 e. The summed E-state index contributed by atoms with van der Waals surface area (Å²) < 4.78 is 13.5. The Morgan fingerprint density at radius 1 is 0.946 bits per heavy atom. The van der Waals surface area contributed by atoms with E-state index in [9.17, 15) is 4.79 Å². The molecular formula is C31H37N3O3. The molecule has 1 heterocycles. The van der Waals surface area contributed by atoms with Gasteiger partial charge in [0.1, 0.15) is 17.3 Å². The fraction of sp³-hybridized carbons (Fsp3) is 0.355. The molecule has 0 aliphatic heterocycles. The molecule has 0 saturated heterocycles. The van der Waals surface area contributed by atoms with Gasteiger partial charge in [0, 0.05) is 25.1 Å². The van der Waals surface area contributed by atoms with Crippen LogP contribution in [-0.4, -0.2) is 35.7 Å². The standard InChI is InChI=1S/C31H37N3O3/c1-23-13-18-29(24(2)22-23)37-21-9-20-34-28-11-7-6-10-27(28)33-30(34)12-5-4-8-19-32-31(35)25-14-16-26(36-3)17-15-25/h6-7,10-11,13-18,22H,4-5,8-9,12,19-21H2,1-3H3,(H,32,35). The first-order valence-corrected chi connectivity index (χ1v) is 13.1. The Kier molecular flexibility index (Phi) is 9.19. The molecule has 0 fully saturated rings. The molecule has 0 aliphatic carbocycles. The van der Waals surface area contributed by atoms with E-state index >= 15 is 0 Å². The van der Waals surface area contributed by atoms with Crippen LogP contribution in [0.4, 0.5) is 0 Å². The lowest BCUT2D eigenvalue weighted by molar-refractivity contribution is 0.0953. The zero-order chi connectivity index (χ0) is 26.0. The number of ether oxygens (including phenoxy) is 2. The lowest BCUT2D eigenvalue weighted by Gasteiger charge is -2.12. The van der Waals surface area contributed by atoms with Gasteiger partial charge in [0.2, 0.25) is 0 Å². The van der Waals surface area contributed by atoms with Crippen LogP contribution in [0.15, 0.2) is 66.7 Å². The lowest BCUT2D eigenvalue weighted by atomic mass is 10.1. The van der Waals surface area contributed by atoms with E-state index in [0.29, 0.717) is 18.7 Å². The second-order valence-electron chi connectivity index (χ2n) is 9.43. The van der Waals surface area contributed by atoms with Crippen molar-refractivity contribution >= 4 is 16.9 Å². The van der Waals surface area contributed by atoms with Crippen LogP contribution in [0.2, 0.25) is 0 Å². The highest BCUT2D eigenvalue weighted by atomic mass is 16.5. The average molecular weight is 500 g/mol. The molecule has 4 rings (SSSR count). The summed E-state index contributed by atoms with van der Waals surface area (Å²) in [5.41, 5.74) is 5.29. The highest BCUT2D eigenvalue weighted by molar-refractivity contribution is 5.94. The van der Waals surface area contributed by atoms with Crippen LogP contribution in [0.25, 0.3) is 11.0 Å².